The van der Waals surface area contributed by atoms with Crippen molar-refractivity contribution in [2.75, 3.05) is 17.7 Å². The summed E-state index contributed by atoms with van der Waals surface area (Å²) in [5.74, 6) is -0.487. The summed E-state index contributed by atoms with van der Waals surface area (Å²) >= 11 is 1.28. The first kappa shape index (κ1) is 17.3. The summed E-state index contributed by atoms with van der Waals surface area (Å²) in [7, 11) is 1.71. The lowest BCUT2D eigenvalue weighted by Crippen LogP contribution is -2.55. The van der Waals surface area contributed by atoms with Crippen molar-refractivity contribution in [1.82, 2.24) is 10.6 Å². The quantitative estimate of drug-likeness (QED) is 0.679. The van der Waals surface area contributed by atoms with Gasteiger partial charge in [0.05, 0.1) is 5.75 Å². The van der Waals surface area contributed by atoms with E-state index in [-0.39, 0.29) is 36.5 Å². The molecule has 0 aromatic heterocycles. The number of nitrogens with one attached hydrogen (secondary N) is 2. The van der Waals surface area contributed by atoms with Gasteiger partial charge in [-0.05, 0) is 12.1 Å². The molecule has 2 rings (SSSR count). The number of nitrogens with two attached hydrogens (primary N) is 1. The molecule has 0 aliphatic carbocycles. The maximum atomic E-state index is 12.2. The Balaban J connectivity index is 1.85. The zero-order chi connectivity index (χ0) is 16.8. The Bertz CT molecular complexity index is 579. The van der Waals surface area contributed by atoms with Crippen molar-refractivity contribution in [3.63, 3.8) is 0 Å². The molecule has 1 aromatic rings. The van der Waals surface area contributed by atoms with Crippen LogP contribution in [0.2, 0.25) is 0 Å². The van der Waals surface area contributed by atoms with E-state index in [0.29, 0.717) is 0 Å². The monoisotopic (exact) mass is 336 g/mol. The Morgan fingerprint density at radius 3 is 2.70 bits per heavy atom. The van der Waals surface area contributed by atoms with Crippen LogP contribution < -0.4 is 21.3 Å². The molecule has 7 nitrogen and oxygen atoms in total. The largest absolute Gasteiger partial charge is 0.370 e. The van der Waals surface area contributed by atoms with Gasteiger partial charge in [0.15, 0.2) is 0 Å². The molecule has 8 heteroatoms. The van der Waals surface area contributed by atoms with Gasteiger partial charge in [0.25, 0.3) is 0 Å². The second kappa shape index (κ2) is 7.98. The Morgan fingerprint density at radius 2 is 2.04 bits per heavy atom. The first-order chi connectivity index (χ1) is 11.0. The lowest BCUT2D eigenvalue weighted by Gasteiger charge is -2.30. The van der Waals surface area contributed by atoms with Crippen LogP contribution in [0.5, 0.6) is 0 Å². The van der Waals surface area contributed by atoms with Gasteiger partial charge in [-0.25, -0.2) is 0 Å². The van der Waals surface area contributed by atoms with Crippen LogP contribution in [-0.4, -0.2) is 42.1 Å². The molecule has 0 radical (unpaired) electrons. The summed E-state index contributed by atoms with van der Waals surface area (Å²) in [5, 5.41) is 5.85. The van der Waals surface area contributed by atoms with Gasteiger partial charge in [-0.1, -0.05) is 18.2 Å². The highest BCUT2D eigenvalue weighted by molar-refractivity contribution is 8.00. The highest BCUT2D eigenvalue weighted by Gasteiger charge is 2.27. The number of benzene rings is 1. The third-order valence-electron chi connectivity index (χ3n) is 3.45. The van der Waals surface area contributed by atoms with Crippen LogP contribution in [0, 0.1) is 0 Å². The predicted molar refractivity (Wildman–Crippen MR) is 89.6 cm³/mol. The van der Waals surface area contributed by atoms with Gasteiger partial charge in [0.1, 0.15) is 5.50 Å². The molecule has 1 saturated heterocycles. The molecule has 2 atom stereocenters. The maximum Gasteiger partial charge on any atom is 0.236 e. The number of amides is 3. The molecule has 4 N–H and O–H groups in total. The minimum atomic E-state index is -0.458. The first-order valence-electron chi connectivity index (χ1n) is 7.22. The molecule has 2 unspecified atom stereocenters. The lowest BCUT2D eigenvalue weighted by atomic mass is 10.1. The average Bonchev–Trinajstić information content (AvgIpc) is 2.51. The van der Waals surface area contributed by atoms with E-state index in [1.54, 1.807) is 11.9 Å². The predicted octanol–water partition coefficient (Wildman–Crippen LogP) is 0.0197. The third-order valence-corrected chi connectivity index (χ3v) is 4.45. The summed E-state index contributed by atoms with van der Waals surface area (Å²) in [5.41, 5.74) is 5.56. The zero-order valence-corrected chi connectivity index (χ0v) is 13.6. The van der Waals surface area contributed by atoms with Gasteiger partial charge in [0, 0.05) is 31.6 Å². The van der Waals surface area contributed by atoms with E-state index in [1.807, 2.05) is 30.3 Å². The number of rotatable bonds is 6. The van der Waals surface area contributed by atoms with E-state index in [4.69, 9.17) is 5.73 Å². The molecule has 0 spiro atoms. The van der Waals surface area contributed by atoms with Crippen molar-refractivity contribution >= 4 is 35.2 Å². The smallest absolute Gasteiger partial charge is 0.236 e. The average molecular weight is 336 g/mol. The molecule has 0 saturated carbocycles. The number of carbonyl (C=O) groups excluding carboxylic acids is 3. The molecule has 1 aliphatic heterocycles. The third kappa shape index (κ3) is 5.26. The van der Waals surface area contributed by atoms with E-state index in [1.165, 1.54) is 11.8 Å². The molecule has 0 bridgehead atoms. The number of hydrogen-bond donors (Lipinski definition) is 3. The number of nitrogens with zero attached hydrogens (tertiary/aromatic N) is 1. The van der Waals surface area contributed by atoms with Crippen molar-refractivity contribution in [2.45, 2.75) is 24.4 Å². The molecule has 23 heavy (non-hydrogen) atoms. The van der Waals surface area contributed by atoms with Gasteiger partial charge in [-0.3, -0.25) is 19.7 Å². The molecule has 1 heterocycles. The van der Waals surface area contributed by atoms with Crippen molar-refractivity contribution in [3.8, 4) is 0 Å². The molecular formula is C15H20N4O3S. The van der Waals surface area contributed by atoms with Crippen LogP contribution in [0.4, 0.5) is 5.69 Å². The lowest BCUT2D eigenvalue weighted by molar-refractivity contribution is -0.124. The summed E-state index contributed by atoms with van der Waals surface area (Å²) in [4.78, 5) is 36.4. The van der Waals surface area contributed by atoms with Gasteiger partial charge >= 0.3 is 0 Å². The normalized spacial score (nSPS) is 20.7. The highest BCUT2D eigenvalue weighted by atomic mass is 32.2. The summed E-state index contributed by atoms with van der Waals surface area (Å²) < 4.78 is 0. The Kier molecular flexibility index (Phi) is 6.00. The van der Waals surface area contributed by atoms with Crippen LogP contribution in [0.1, 0.15) is 12.8 Å². The topological polar surface area (TPSA) is 105 Å². The van der Waals surface area contributed by atoms with Crippen LogP contribution in [-0.2, 0) is 14.4 Å². The van der Waals surface area contributed by atoms with E-state index in [2.05, 4.69) is 10.6 Å². The van der Waals surface area contributed by atoms with E-state index < -0.39 is 11.4 Å². The van der Waals surface area contributed by atoms with E-state index in [0.717, 1.165) is 5.69 Å². The summed E-state index contributed by atoms with van der Waals surface area (Å²) in [6, 6.07) is 9.03. The number of hydrogen-bond acceptors (Lipinski definition) is 5. The van der Waals surface area contributed by atoms with Crippen molar-refractivity contribution in [2.24, 2.45) is 5.73 Å². The molecule has 124 valence electrons. The van der Waals surface area contributed by atoms with Gasteiger partial charge in [0.2, 0.25) is 17.7 Å². The fraction of sp³-hybridized carbons (Fsp3) is 0.400. The highest BCUT2D eigenvalue weighted by Crippen LogP contribution is 2.17. The van der Waals surface area contributed by atoms with Gasteiger partial charge in [-0.2, -0.15) is 0 Å². The molecular weight excluding hydrogens is 316 g/mol. The molecule has 3 amide bonds. The van der Waals surface area contributed by atoms with Crippen LogP contribution in [0.3, 0.4) is 0 Å². The van der Waals surface area contributed by atoms with Gasteiger partial charge in [-0.15, -0.1) is 11.8 Å². The fourth-order valence-corrected chi connectivity index (χ4v) is 3.26. The Morgan fingerprint density at radius 1 is 1.35 bits per heavy atom. The number of anilines is 1. The van der Waals surface area contributed by atoms with Gasteiger partial charge < -0.3 is 16.0 Å². The molecule has 1 fully saturated rings. The van der Waals surface area contributed by atoms with Crippen LogP contribution >= 0.6 is 11.8 Å². The summed E-state index contributed by atoms with van der Waals surface area (Å²) in [6.07, 6.45) is 0.306. The summed E-state index contributed by atoms with van der Waals surface area (Å²) in [6.45, 7) is 0. The Labute approximate surface area is 139 Å². The van der Waals surface area contributed by atoms with Crippen molar-refractivity contribution in [3.05, 3.63) is 30.3 Å². The van der Waals surface area contributed by atoms with Crippen LogP contribution in [0.25, 0.3) is 0 Å². The van der Waals surface area contributed by atoms with Crippen molar-refractivity contribution in [1.29, 1.82) is 0 Å². The molecule has 1 aliphatic rings. The minimum absolute atomic E-state index is 0.0747. The van der Waals surface area contributed by atoms with Crippen molar-refractivity contribution < 1.29 is 14.4 Å². The number of primary amides is 1. The minimum Gasteiger partial charge on any atom is -0.370 e. The standard InChI is InChI=1S/C15H20N4O3S/c1-19(11-5-3-2-4-6-11)14(22)9-23-15-17-10(7-12(16)20)8-13(21)18-15/h2-6,10,15,17H,7-9H2,1H3,(H2,16,20)(H,18,21). The van der Waals surface area contributed by atoms with Crippen LogP contribution in [0.15, 0.2) is 30.3 Å². The fourth-order valence-electron chi connectivity index (χ4n) is 2.25. The van der Waals surface area contributed by atoms with E-state index in [9.17, 15) is 14.4 Å². The zero-order valence-electron chi connectivity index (χ0n) is 12.8. The number of para-hydroxylation sites is 1. The SMILES string of the molecule is CN(C(=O)CSC1NC(=O)CC(CC(N)=O)N1)c1ccccc1. The second-order valence-electron chi connectivity index (χ2n) is 5.29. The first-order valence-corrected chi connectivity index (χ1v) is 8.27. The second-order valence-corrected chi connectivity index (χ2v) is 6.38. The number of thioether (sulfide) groups is 1. The Hall–Kier alpha value is -2.06. The molecule has 1 aromatic carbocycles. The maximum absolute atomic E-state index is 12.2. The number of carbonyl (C=O) groups is 3. The van der Waals surface area contributed by atoms with E-state index >= 15 is 0 Å².